The number of nitrogens with one attached hydrogen (secondary N) is 1. The third-order valence-electron chi connectivity index (χ3n) is 4.72. The molecule has 152 valence electrons. The van der Waals surface area contributed by atoms with Gasteiger partial charge in [0.25, 0.3) is 0 Å². The van der Waals surface area contributed by atoms with Gasteiger partial charge in [-0.25, -0.2) is 4.99 Å². The fraction of sp³-hybridized carbons (Fsp3) is 0.136. The van der Waals surface area contributed by atoms with Crippen LogP contribution in [-0.4, -0.2) is 23.0 Å². The summed E-state index contributed by atoms with van der Waals surface area (Å²) >= 11 is 1.57. The zero-order valence-corrected chi connectivity index (χ0v) is 16.9. The molecule has 1 unspecified atom stereocenters. The van der Waals surface area contributed by atoms with Crippen molar-refractivity contribution in [1.29, 1.82) is 0 Å². The molecule has 0 saturated heterocycles. The zero-order valence-electron chi connectivity index (χ0n) is 16.1. The average molecular weight is 421 g/mol. The zero-order chi connectivity index (χ0) is 21.1. The summed E-state index contributed by atoms with van der Waals surface area (Å²) in [4.78, 5) is 16.5. The number of aliphatic imine (C=N–C) groups is 1. The van der Waals surface area contributed by atoms with E-state index in [9.17, 15) is 15.2 Å². The van der Waals surface area contributed by atoms with Crippen molar-refractivity contribution in [3.63, 3.8) is 0 Å². The van der Waals surface area contributed by atoms with E-state index in [0.29, 0.717) is 5.56 Å². The van der Waals surface area contributed by atoms with E-state index in [-0.39, 0.29) is 12.4 Å². The van der Waals surface area contributed by atoms with Crippen LogP contribution in [0.1, 0.15) is 29.0 Å². The maximum atomic E-state index is 11.5. The van der Waals surface area contributed by atoms with Crippen LogP contribution in [-0.2, 0) is 0 Å². The lowest BCUT2D eigenvalue weighted by atomic mass is 9.92. The Morgan fingerprint density at radius 3 is 2.70 bits per heavy atom. The van der Waals surface area contributed by atoms with Crippen LogP contribution in [0.2, 0.25) is 0 Å². The lowest BCUT2D eigenvalue weighted by molar-refractivity contribution is -0.386. The quantitative estimate of drug-likeness (QED) is 0.431. The molecule has 0 amide bonds. The van der Waals surface area contributed by atoms with Gasteiger partial charge in [0, 0.05) is 22.1 Å². The minimum atomic E-state index is -0.606. The molecule has 2 aromatic carbocycles. The highest BCUT2D eigenvalue weighted by molar-refractivity contribution is 7.11. The Bertz CT molecular complexity index is 1120. The molecule has 0 radical (unpaired) electrons. The van der Waals surface area contributed by atoms with E-state index in [1.54, 1.807) is 30.7 Å². The Balaban J connectivity index is 1.93. The van der Waals surface area contributed by atoms with Gasteiger partial charge in [-0.3, -0.25) is 10.1 Å². The topological polar surface area (TPSA) is 97.0 Å². The number of rotatable bonds is 6. The molecule has 0 bridgehead atoms. The molecule has 1 aromatic heterocycles. The molecule has 0 aliphatic carbocycles. The highest BCUT2D eigenvalue weighted by Gasteiger charge is 2.29. The van der Waals surface area contributed by atoms with Crippen molar-refractivity contribution in [3.8, 4) is 11.5 Å². The van der Waals surface area contributed by atoms with Gasteiger partial charge in [-0.1, -0.05) is 36.4 Å². The second-order valence-corrected chi connectivity index (χ2v) is 7.49. The van der Waals surface area contributed by atoms with Crippen LogP contribution >= 0.6 is 11.3 Å². The summed E-state index contributed by atoms with van der Waals surface area (Å²) in [7, 11) is 0. The van der Waals surface area contributed by atoms with Gasteiger partial charge in [-0.15, -0.1) is 11.3 Å². The third-order valence-corrected chi connectivity index (χ3v) is 5.62. The van der Waals surface area contributed by atoms with Crippen molar-refractivity contribution in [2.24, 2.45) is 4.99 Å². The maximum absolute atomic E-state index is 11.5. The van der Waals surface area contributed by atoms with E-state index in [0.717, 1.165) is 21.7 Å². The Morgan fingerprint density at radius 1 is 1.23 bits per heavy atom. The van der Waals surface area contributed by atoms with Gasteiger partial charge in [0.2, 0.25) is 5.75 Å². The number of phenols is 1. The van der Waals surface area contributed by atoms with Crippen molar-refractivity contribution in [2.45, 2.75) is 13.0 Å². The first kappa shape index (κ1) is 19.7. The first-order valence-corrected chi connectivity index (χ1v) is 10.2. The summed E-state index contributed by atoms with van der Waals surface area (Å²) in [6, 6.07) is 16.3. The Morgan fingerprint density at radius 2 is 2.03 bits per heavy atom. The van der Waals surface area contributed by atoms with Crippen molar-refractivity contribution in [3.05, 3.63) is 86.1 Å². The Kier molecular flexibility index (Phi) is 5.49. The molecule has 30 heavy (non-hydrogen) atoms. The standard InChI is InChI=1S/C22H19N3O4S/c1-2-29-17-12-15(11-16(22(17)26)25(27)28)21-19(18-9-6-10-30-18)20(23-13-24-21)14-7-4-3-5-8-14/h3-13,21,26H,2H2,1H3,(H,23,24). The fourth-order valence-electron chi connectivity index (χ4n) is 3.43. The van der Waals surface area contributed by atoms with Crippen LogP contribution in [0.25, 0.3) is 11.3 Å². The molecule has 3 aromatic rings. The number of nitro benzene ring substituents is 1. The van der Waals surface area contributed by atoms with Crippen LogP contribution < -0.4 is 10.1 Å². The predicted molar refractivity (Wildman–Crippen MR) is 118 cm³/mol. The van der Waals surface area contributed by atoms with Crippen LogP contribution in [0.4, 0.5) is 5.69 Å². The number of ether oxygens (including phenoxy) is 1. The number of hydrogen-bond acceptors (Lipinski definition) is 7. The lowest BCUT2D eigenvalue weighted by Crippen LogP contribution is -2.25. The maximum Gasteiger partial charge on any atom is 0.315 e. The third kappa shape index (κ3) is 3.65. The van der Waals surface area contributed by atoms with E-state index in [1.165, 1.54) is 6.07 Å². The van der Waals surface area contributed by atoms with Gasteiger partial charge in [-0.2, -0.15) is 0 Å². The van der Waals surface area contributed by atoms with Crippen LogP contribution in [0.5, 0.6) is 11.5 Å². The van der Waals surface area contributed by atoms with E-state index in [4.69, 9.17) is 4.74 Å². The smallest absolute Gasteiger partial charge is 0.315 e. The van der Waals surface area contributed by atoms with Crippen molar-refractivity contribution in [1.82, 2.24) is 5.32 Å². The largest absolute Gasteiger partial charge is 0.500 e. The molecule has 8 heteroatoms. The van der Waals surface area contributed by atoms with Gasteiger partial charge in [0.15, 0.2) is 5.75 Å². The number of thiophene rings is 1. The highest BCUT2D eigenvalue weighted by atomic mass is 32.1. The first-order chi connectivity index (χ1) is 14.6. The molecule has 2 N–H and O–H groups in total. The number of nitro groups is 1. The molecule has 4 rings (SSSR count). The number of benzene rings is 2. The van der Waals surface area contributed by atoms with Gasteiger partial charge in [-0.05, 0) is 30.0 Å². The summed E-state index contributed by atoms with van der Waals surface area (Å²) in [5, 5.41) is 27.0. The number of hydrogen-bond donors (Lipinski definition) is 2. The lowest BCUT2D eigenvalue weighted by Gasteiger charge is -2.26. The molecule has 0 spiro atoms. The average Bonchev–Trinajstić information content (AvgIpc) is 3.30. The predicted octanol–water partition coefficient (Wildman–Crippen LogP) is 5.00. The van der Waals surface area contributed by atoms with Gasteiger partial charge in [0.05, 0.1) is 29.6 Å². The molecule has 7 nitrogen and oxygen atoms in total. The van der Waals surface area contributed by atoms with Crippen LogP contribution in [0, 0.1) is 10.1 Å². The van der Waals surface area contributed by atoms with Gasteiger partial charge in [0.1, 0.15) is 0 Å². The van der Waals surface area contributed by atoms with Crippen LogP contribution in [0.15, 0.2) is 65.0 Å². The summed E-state index contributed by atoms with van der Waals surface area (Å²) < 4.78 is 5.47. The van der Waals surface area contributed by atoms with Gasteiger partial charge >= 0.3 is 5.69 Å². The van der Waals surface area contributed by atoms with Crippen LogP contribution in [0.3, 0.4) is 0 Å². The van der Waals surface area contributed by atoms with Crippen molar-refractivity contribution < 1.29 is 14.8 Å². The molecule has 0 fully saturated rings. The second kappa shape index (κ2) is 8.38. The second-order valence-electron chi connectivity index (χ2n) is 6.54. The Labute approximate surface area is 177 Å². The molecule has 1 aliphatic heterocycles. The number of nitrogens with zero attached hydrogens (tertiary/aromatic N) is 2. The minimum absolute atomic E-state index is 0.0813. The normalized spacial score (nSPS) is 15.7. The van der Waals surface area contributed by atoms with Crippen molar-refractivity contribution in [2.75, 3.05) is 6.61 Å². The van der Waals surface area contributed by atoms with E-state index in [2.05, 4.69) is 10.3 Å². The molecule has 0 saturated carbocycles. The highest BCUT2D eigenvalue weighted by Crippen LogP contribution is 2.45. The van der Waals surface area contributed by atoms with E-state index < -0.39 is 22.4 Å². The molecule has 1 atom stereocenters. The molecule has 2 heterocycles. The summed E-state index contributed by atoms with van der Waals surface area (Å²) in [6.45, 7) is 2.03. The molecular formula is C22H19N3O4S. The summed E-state index contributed by atoms with van der Waals surface area (Å²) in [5.74, 6) is -0.391. The number of aromatic hydroxyl groups is 1. The first-order valence-electron chi connectivity index (χ1n) is 9.36. The Hall–Kier alpha value is -3.65. The van der Waals surface area contributed by atoms with E-state index >= 15 is 0 Å². The minimum Gasteiger partial charge on any atom is -0.500 e. The van der Waals surface area contributed by atoms with E-state index in [1.807, 2.05) is 47.8 Å². The summed E-state index contributed by atoms with van der Waals surface area (Å²) in [6.07, 6.45) is 1.60. The number of phenolic OH excluding ortho intramolecular Hbond substituents is 1. The molecule has 1 aliphatic rings. The summed E-state index contributed by atoms with van der Waals surface area (Å²) in [5.41, 5.74) is 2.84. The SMILES string of the molecule is CCOc1cc(C2NC=NC(c3ccccc3)=C2c2cccs2)cc([N+](=O)[O-])c1O. The monoisotopic (exact) mass is 421 g/mol. The van der Waals surface area contributed by atoms with Gasteiger partial charge < -0.3 is 15.2 Å². The fourth-order valence-corrected chi connectivity index (χ4v) is 4.23. The molecular weight excluding hydrogens is 402 g/mol. The van der Waals surface area contributed by atoms with Crippen molar-refractivity contribution >= 4 is 34.6 Å².